The monoisotopic (exact) mass is 667 g/mol. The predicted molar refractivity (Wildman–Crippen MR) is 240 cm³/mol. The van der Waals surface area contributed by atoms with E-state index in [2.05, 4.69) is 138 Å². The number of benzene rings is 9. The van der Waals surface area contributed by atoms with E-state index in [0.29, 0.717) is 16.3 Å². The van der Waals surface area contributed by atoms with Gasteiger partial charge in [0.25, 0.3) is 0 Å². The quantitative estimate of drug-likeness (QED) is 0.191. The van der Waals surface area contributed by atoms with Crippen LogP contribution in [0, 0.1) is 0 Å². The second kappa shape index (κ2) is 13.3. The summed E-state index contributed by atoms with van der Waals surface area (Å²) in [6.45, 7) is 0. The van der Waals surface area contributed by atoms with E-state index in [0.717, 1.165) is 28.2 Å². The average Bonchev–Trinajstić information content (AvgIpc) is 3.21. The number of anilines is 3. The summed E-state index contributed by atoms with van der Waals surface area (Å²) < 4.78 is 0. The molecule has 9 aromatic rings. The molecular weight excluding hydrogens is 642 g/mol. The van der Waals surface area contributed by atoms with Gasteiger partial charge in [-0.1, -0.05) is 131 Å². The Morgan fingerprint density at radius 1 is 0.315 bits per heavy atom. The number of fused-ring (bicyclic) bond motifs is 5. The summed E-state index contributed by atoms with van der Waals surface area (Å²) in [5, 5.41) is 8.07. The molecule has 14 radical (unpaired) electrons. The Balaban J connectivity index is 1.22. The number of hydrogen-bond acceptors (Lipinski definition) is 1. The van der Waals surface area contributed by atoms with Gasteiger partial charge in [-0.3, -0.25) is 0 Å². The van der Waals surface area contributed by atoms with Gasteiger partial charge in [0, 0.05) is 17.1 Å². The van der Waals surface area contributed by atoms with Crippen molar-refractivity contribution in [1.82, 2.24) is 0 Å². The fraction of sp³-hybridized carbons (Fsp3) is 0. The second-order valence-electron chi connectivity index (χ2n) is 13.7. The normalized spacial score (nSPS) is 11.5. The van der Waals surface area contributed by atoms with Gasteiger partial charge in [0.15, 0.2) is 0 Å². The van der Waals surface area contributed by atoms with Crippen molar-refractivity contribution in [3.05, 3.63) is 146 Å². The van der Waals surface area contributed by atoms with Crippen LogP contribution in [-0.4, -0.2) is 54.9 Å². The summed E-state index contributed by atoms with van der Waals surface area (Å²) in [5.74, 6) is 0. The first-order valence-electron chi connectivity index (χ1n) is 17.6. The van der Waals surface area contributed by atoms with Gasteiger partial charge in [-0.2, -0.15) is 0 Å². The molecule has 0 aliphatic heterocycles. The first-order chi connectivity index (χ1) is 26.2. The lowest BCUT2D eigenvalue weighted by atomic mass is 9.59. The minimum absolute atomic E-state index is 0.155. The van der Waals surface area contributed by atoms with Crippen molar-refractivity contribution in [1.29, 1.82) is 0 Å². The van der Waals surface area contributed by atoms with Crippen LogP contribution in [0.25, 0.3) is 65.3 Å². The molecule has 0 aliphatic carbocycles. The minimum Gasteiger partial charge on any atom is -0.310 e. The molecule has 0 N–H and O–H groups in total. The molecule has 234 valence electrons. The number of nitrogens with zero attached hydrogens (tertiary/aromatic N) is 1. The number of rotatable bonds is 5. The van der Waals surface area contributed by atoms with Crippen LogP contribution in [0.2, 0.25) is 0 Å². The fourth-order valence-electron chi connectivity index (χ4n) is 7.84. The molecule has 1 nitrogen and oxygen atoms in total. The third-order valence-electron chi connectivity index (χ3n) is 10.7. The first kappa shape index (κ1) is 34.1. The van der Waals surface area contributed by atoms with Crippen molar-refractivity contribution in [3.8, 4) is 22.3 Å². The van der Waals surface area contributed by atoms with Gasteiger partial charge >= 0.3 is 0 Å². The lowest BCUT2D eigenvalue weighted by molar-refractivity contribution is 1.29. The topological polar surface area (TPSA) is 3.24 Å². The lowest BCUT2D eigenvalue weighted by Crippen LogP contribution is -2.52. The SMILES string of the molecule is [B]c1c([B])c([B])c2c(-c3ccc(N(c4ccc(-c5cccc6ccccc56)cc4)c4ccc5ccc6ccccc6c5c4)cc3)c([B])c([B])c([B])c2c1[B]. The van der Waals surface area contributed by atoms with Crippen molar-refractivity contribution in [2.45, 2.75) is 0 Å². The second-order valence-corrected chi connectivity index (χ2v) is 13.7. The van der Waals surface area contributed by atoms with Gasteiger partial charge in [-0.15, -0.1) is 16.4 Å². The van der Waals surface area contributed by atoms with Crippen molar-refractivity contribution < 1.29 is 0 Å². The van der Waals surface area contributed by atoms with Crippen LogP contribution in [0.4, 0.5) is 17.1 Å². The van der Waals surface area contributed by atoms with Crippen LogP contribution in [0.5, 0.6) is 0 Å². The summed E-state index contributed by atoms with van der Waals surface area (Å²) in [5.41, 5.74) is 8.06. The molecule has 9 aromatic carbocycles. The van der Waals surface area contributed by atoms with Crippen molar-refractivity contribution >= 4 is 153 Å². The molecule has 9 rings (SSSR count). The summed E-state index contributed by atoms with van der Waals surface area (Å²) in [6, 6.07) is 51.1. The van der Waals surface area contributed by atoms with E-state index in [1.807, 2.05) is 12.1 Å². The van der Waals surface area contributed by atoms with Gasteiger partial charge < -0.3 is 4.90 Å². The van der Waals surface area contributed by atoms with Crippen molar-refractivity contribution in [2.75, 3.05) is 4.90 Å². The maximum Gasteiger partial charge on any atom is 0.113 e. The summed E-state index contributed by atoms with van der Waals surface area (Å²) >= 11 is 0. The Morgan fingerprint density at radius 3 is 1.43 bits per heavy atom. The molecule has 0 unspecified atom stereocenters. The molecule has 0 aromatic heterocycles. The van der Waals surface area contributed by atoms with E-state index in [1.165, 1.54) is 37.9 Å². The van der Waals surface area contributed by atoms with Gasteiger partial charge in [0.2, 0.25) is 0 Å². The minimum atomic E-state index is 0.155. The van der Waals surface area contributed by atoms with Crippen LogP contribution in [-0.2, 0) is 0 Å². The molecule has 0 bridgehead atoms. The maximum atomic E-state index is 6.68. The third-order valence-corrected chi connectivity index (χ3v) is 10.7. The Bertz CT molecular complexity index is 2940. The maximum absolute atomic E-state index is 6.68. The molecule has 0 fully saturated rings. The van der Waals surface area contributed by atoms with Gasteiger partial charge in [-0.25, -0.2) is 0 Å². The number of hydrogen-bond donors (Lipinski definition) is 0. The first-order valence-corrected chi connectivity index (χ1v) is 17.6. The van der Waals surface area contributed by atoms with E-state index in [9.17, 15) is 0 Å². The highest BCUT2D eigenvalue weighted by Gasteiger charge is 2.20. The van der Waals surface area contributed by atoms with Crippen molar-refractivity contribution in [2.24, 2.45) is 0 Å². The Hall–Kier alpha value is -5.73. The molecule has 0 aliphatic rings. The largest absolute Gasteiger partial charge is 0.310 e. The molecule has 0 saturated carbocycles. The van der Waals surface area contributed by atoms with E-state index >= 15 is 0 Å². The van der Waals surface area contributed by atoms with E-state index in [4.69, 9.17) is 54.9 Å². The molecule has 0 amide bonds. The van der Waals surface area contributed by atoms with E-state index < -0.39 is 0 Å². The van der Waals surface area contributed by atoms with Crippen LogP contribution >= 0.6 is 0 Å². The van der Waals surface area contributed by atoms with E-state index in [-0.39, 0.29) is 38.2 Å². The molecule has 0 atom stereocenters. The third kappa shape index (κ3) is 5.42. The molecule has 0 spiro atoms. The Labute approximate surface area is 324 Å². The van der Waals surface area contributed by atoms with Crippen molar-refractivity contribution in [3.63, 3.8) is 0 Å². The van der Waals surface area contributed by atoms with Crippen LogP contribution in [0.15, 0.2) is 146 Å². The standard InChI is InChI=1S/C46H24B7N/c47-40-37(38-39(42(49)44(40)51)43(50)46(53)45(52)41(38)48)29-17-21-31(22-18-29)54(32-23-16-28-13-12-26-7-2-4-10-35(26)36(28)24-32)30-19-14-27(15-20-30)34-11-5-8-25-6-1-3-9-33(25)34/h1-24H. The van der Waals surface area contributed by atoms with Gasteiger partial charge in [-0.05, 0) is 102 Å². The Kier molecular flexibility index (Phi) is 8.38. The molecule has 54 heavy (non-hydrogen) atoms. The highest BCUT2D eigenvalue weighted by molar-refractivity contribution is 6.71. The zero-order chi connectivity index (χ0) is 37.2. The molecular formula is C46H24B7N. The zero-order valence-electron chi connectivity index (χ0n) is 29.3. The Morgan fingerprint density at radius 2 is 0.778 bits per heavy atom. The highest BCUT2D eigenvalue weighted by atomic mass is 15.1. The average molecular weight is 666 g/mol. The van der Waals surface area contributed by atoms with Crippen LogP contribution < -0.4 is 43.1 Å². The fourth-order valence-corrected chi connectivity index (χ4v) is 7.84. The highest BCUT2D eigenvalue weighted by Crippen LogP contribution is 2.40. The summed E-state index contributed by atoms with van der Waals surface area (Å²) in [6.07, 6.45) is 0. The summed E-state index contributed by atoms with van der Waals surface area (Å²) in [7, 11) is 45.2. The zero-order valence-corrected chi connectivity index (χ0v) is 29.3. The summed E-state index contributed by atoms with van der Waals surface area (Å²) in [4.78, 5) is 2.25. The molecule has 0 heterocycles. The lowest BCUT2D eigenvalue weighted by Gasteiger charge is -2.27. The van der Waals surface area contributed by atoms with Crippen LogP contribution in [0.3, 0.4) is 0 Å². The smallest absolute Gasteiger partial charge is 0.113 e. The molecule has 0 saturated heterocycles. The van der Waals surface area contributed by atoms with E-state index in [1.54, 1.807) is 0 Å². The van der Waals surface area contributed by atoms with Crippen LogP contribution in [0.1, 0.15) is 0 Å². The van der Waals surface area contributed by atoms with Gasteiger partial charge in [0.1, 0.15) is 54.9 Å². The van der Waals surface area contributed by atoms with Gasteiger partial charge in [0.05, 0.1) is 0 Å². The predicted octanol–water partition coefficient (Wildman–Crippen LogP) is 4.66. The molecule has 8 heteroatoms.